The quantitative estimate of drug-likeness (QED) is 0.254. The van der Waals surface area contributed by atoms with Crippen LogP contribution in [0.5, 0.6) is 5.75 Å². The van der Waals surface area contributed by atoms with Gasteiger partial charge in [-0.3, -0.25) is 15.0 Å². The Kier molecular flexibility index (Phi) is 7.97. The number of amides is 2. The van der Waals surface area contributed by atoms with E-state index in [2.05, 4.69) is 66.4 Å². The van der Waals surface area contributed by atoms with Crippen LogP contribution in [-0.2, 0) is 16.8 Å². The molecule has 0 radical (unpaired) electrons. The first-order valence-corrected chi connectivity index (χ1v) is 13.3. The number of nitrogens with one attached hydrogen (secondary N) is 1. The average Bonchev–Trinajstić information content (AvgIpc) is 3.11. The Morgan fingerprint density at radius 1 is 1.06 bits per heavy atom. The summed E-state index contributed by atoms with van der Waals surface area (Å²) < 4.78 is 7.21. The summed E-state index contributed by atoms with van der Waals surface area (Å²) in [6.45, 7) is 6.95. The molecule has 36 heavy (non-hydrogen) atoms. The molecule has 2 amide bonds. The molecule has 0 bridgehead atoms. The van der Waals surface area contributed by atoms with Crippen LogP contribution in [-0.4, -0.2) is 21.1 Å². The summed E-state index contributed by atoms with van der Waals surface area (Å²) in [5.74, 6) is -0.147. The molecule has 1 aliphatic rings. The van der Waals surface area contributed by atoms with Gasteiger partial charge in [-0.05, 0) is 65.2 Å². The number of hydrazine groups is 1. The number of carbonyl (C=O) groups is 2. The number of thiocarbonyl (C=S) groups is 1. The fourth-order valence-electron chi connectivity index (χ4n) is 3.47. The van der Waals surface area contributed by atoms with Crippen molar-refractivity contribution in [1.82, 2.24) is 10.4 Å². The molecule has 0 saturated carbocycles. The van der Waals surface area contributed by atoms with Crippen molar-refractivity contribution < 1.29 is 14.3 Å². The highest BCUT2D eigenvalue weighted by atomic mass is 79.9. The molecule has 1 N–H and O–H groups in total. The Morgan fingerprint density at radius 2 is 1.72 bits per heavy atom. The molecular formula is C28H25BrN2O3S2. The largest absolute Gasteiger partial charge is 0.488 e. The fourth-order valence-corrected chi connectivity index (χ4v) is 4.90. The van der Waals surface area contributed by atoms with Gasteiger partial charge >= 0.3 is 0 Å². The summed E-state index contributed by atoms with van der Waals surface area (Å²) in [4.78, 5) is 26.0. The molecule has 184 valence electrons. The maximum absolute atomic E-state index is 13.0. The van der Waals surface area contributed by atoms with Gasteiger partial charge in [-0.25, -0.2) is 0 Å². The van der Waals surface area contributed by atoms with Crippen molar-refractivity contribution in [2.24, 2.45) is 0 Å². The van der Waals surface area contributed by atoms with Crippen LogP contribution in [0.25, 0.3) is 6.08 Å². The molecular weight excluding hydrogens is 556 g/mol. The topological polar surface area (TPSA) is 58.6 Å². The lowest BCUT2D eigenvalue weighted by Gasteiger charge is -2.19. The smallest absolute Gasteiger partial charge is 0.285 e. The normalized spacial score (nSPS) is 14.9. The van der Waals surface area contributed by atoms with E-state index in [4.69, 9.17) is 17.0 Å². The number of thioether (sulfide) groups is 1. The molecule has 1 heterocycles. The third-order valence-corrected chi connectivity index (χ3v) is 7.36. The van der Waals surface area contributed by atoms with Crippen LogP contribution in [0, 0.1) is 0 Å². The minimum Gasteiger partial charge on any atom is -0.488 e. The van der Waals surface area contributed by atoms with Crippen LogP contribution in [0.2, 0.25) is 0 Å². The molecule has 0 atom stereocenters. The van der Waals surface area contributed by atoms with Gasteiger partial charge in [-0.1, -0.05) is 90.9 Å². The molecule has 4 rings (SSSR count). The molecule has 8 heteroatoms. The van der Waals surface area contributed by atoms with Crippen molar-refractivity contribution in [3.8, 4) is 5.75 Å². The summed E-state index contributed by atoms with van der Waals surface area (Å²) in [5, 5.41) is 1.11. The summed E-state index contributed by atoms with van der Waals surface area (Å²) in [6, 6.07) is 22.8. The van der Waals surface area contributed by atoms with Gasteiger partial charge < -0.3 is 4.74 Å². The van der Waals surface area contributed by atoms with Crippen molar-refractivity contribution in [1.29, 1.82) is 0 Å². The molecule has 1 fully saturated rings. The Labute approximate surface area is 229 Å². The number of halogens is 1. The summed E-state index contributed by atoms with van der Waals surface area (Å²) in [5.41, 5.74) is 6.19. The highest BCUT2D eigenvalue weighted by Crippen LogP contribution is 2.33. The van der Waals surface area contributed by atoms with Gasteiger partial charge in [0.05, 0.1) is 4.91 Å². The molecule has 3 aromatic carbocycles. The van der Waals surface area contributed by atoms with Crippen molar-refractivity contribution in [3.63, 3.8) is 0 Å². The first kappa shape index (κ1) is 26.1. The van der Waals surface area contributed by atoms with Gasteiger partial charge in [0, 0.05) is 15.6 Å². The average molecular weight is 582 g/mol. The zero-order chi connectivity index (χ0) is 25.9. The number of carbonyl (C=O) groups excluding carboxylic acids is 2. The molecule has 5 nitrogen and oxygen atoms in total. The predicted octanol–water partition coefficient (Wildman–Crippen LogP) is 6.87. The van der Waals surface area contributed by atoms with Gasteiger partial charge in [0.25, 0.3) is 11.8 Å². The first-order valence-electron chi connectivity index (χ1n) is 11.3. The van der Waals surface area contributed by atoms with E-state index < -0.39 is 5.91 Å². The number of para-hydroxylation sites is 1. The van der Waals surface area contributed by atoms with Crippen LogP contribution in [0.3, 0.4) is 0 Å². The van der Waals surface area contributed by atoms with Gasteiger partial charge in [0.2, 0.25) is 0 Å². The second-order valence-electron chi connectivity index (χ2n) is 9.24. The van der Waals surface area contributed by atoms with Gasteiger partial charge in [-0.15, -0.1) is 0 Å². The van der Waals surface area contributed by atoms with E-state index in [9.17, 15) is 9.59 Å². The number of nitrogens with zero attached hydrogens (tertiary/aromatic N) is 1. The zero-order valence-electron chi connectivity index (χ0n) is 20.1. The highest BCUT2D eigenvalue weighted by Gasteiger charge is 2.34. The fraction of sp³-hybridized carbons (Fsp3) is 0.179. The molecule has 0 aliphatic carbocycles. The van der Waals surface area contributed by atoms with Gasteiger partial charge in [-0.2, -0.15) is 5.01 Å². The Balaban J connectivity index is 1.46. The van der Waals surface area contributed by atoms with E-state index in [0.717, 1.165) is 32.4 Å². The minimum atomic E-state index is -0.415. The number of rotatable bonds is 6. The SMILES string of the molecule is CC(C)(C)c1ccc(COc2ccccc2/C=C2/SC(=S)N(NC(=O)c3ccc(Br)cc3)C2=O)cc1. The number of hydrogen-bond donors (Lipinski definition) is 1. The standard InChI is InChI=1S/C28H25BrN2O3S2/c1-28(2,3)21-12-8-18(9-13-21)17-34-23-7-5-4-6-20(23)16-24-26(33)31(27(35)36-24)30-25(32)19-10-14-22(29)15-11-19/h4-16H,17H2,1-3H3,(H,30,32)/b24-16+. The third-order valence-electron chi connectivity index (χ3n) is 5.53. The Hall–Kier alpha value is -2.94. The van der Waals surface area contributed by atoms with Crippen molar-refractivity contribution in [3.05, 3.63) is 104 Å². The van der Waals surface area contributed by atoms with Gasteiger partial charge in [0.15, 0.2) is 4.32 Å². The Morgan fingerprint density at radius 3 is 2.39 bits per heavy atom. The first-order chi connectivity index (χ1) is 17.1. The maximum Gasteiger partial charge on any atom is 0.285 e. The van der Waals surface area contributed by atoms with E-state index in [1.54, 1.807) is 30.3 Å². The van der Waals surface area contributed by atoms with Crippen LogP contribution >= 0.6 is 39.9 Å². The summed E-state index contributed by atoms with van der Waals surface area (Å²) in [6.07, 6.45) is 1.74. The third kappa shape index (κ3) is 6.24. The van der Waals surface area contributed by atoms with Crippen LogP contribution < -0.4 is 10.2 Å². The molecule has 1 saturated heterocycles. The number of benzene rings is 3. The summed E-state index contributed by atoms with van der Waals surface area (Å²) in [7, 11) is 0. The minimum absolute atomic E-state index is 0.0931. The molecule has 3 aromatic rings. The molecule has 0 spiro atoms. The van der Waals surface area contributed by atoms with E-state index in [-0.39, 0.29) is 15.6 Å². The van der Waals surface area contributed by atoms with Crippen molar-refractivity contribution in [2.45, 2.75) is 32.8 Å². The maximum atomic E-state index is 13.0. The lowest BCUT2D eigenvalue weighted by Crippen LogP contribution is -2.44. The second kappa shape index (κ2) is 11.0. The lowest BCUT2D eigenvalue weighted by atomic mass is 9.87. The van der Waals surface area contributed by atoms with Crippen LogP contribution in [0.1, 0.15) is 47.8 Å². The van der Waals surface area contributed by atoms with Crippen molar-refractivity contribution >= 4 is 62.1 Å². The van der Waals surface area contributed by atoms with E-state index in [1.165, 1.54) is 5.56 Å². The Bertz CT molecular complexity index is 1330. The van der Waals surface area contributed by atoms with E-state index >= 15 is 0 Å². The van der Waals surface area contributed by atoms with E-state index in [0.29, 0.717) is 22.8 Å². The van der Waals surface area contributed by atoms with Crippen molar-refractivity contribution in [2.75, 3.05) is 0 Å². The monoisotopic (exact) mass is 580 g/mol. The summed E-state index contributed by atoms with van der Waals surface area (Å²) >= 11 is 9.84. The van der Waals surface area contributed by atoms with Crippen LogP contribution in [0.4, 0.5) is 0 Å². The molecule has 0 aromatic heterocycles. The van der Waals surface area contributed by atoms with Crippen LogP contribution in [0.15, 0.2) is 82.2 Å². The molecule has 1 aliphatic heterocycles. The number of ether oxygens (including phenoxy) is 1. The predicted molar refractivity (Wildman–Crippen MR) is 153 cm³/mol. The van der Waals surface area contributed by atoms with Gasteiger partial charge in [0.1, 0.15) is 12.4 Å². The van der Waals surface area contributed by atoms with E-state index in [1.807, 2.05) is 24.3 Å². The highest BCUT2D eigenvalue weighted by molar-refractivity contribution is 9.10. The lowest BCUT2D eigenvalue weighted by molar-refractivity contribution is -0.123. The molecule has 0 unspecified atom stereocenters. The second-order valence-corrected chi connectivity index (χ2v) is 11.8. The zero-order valence-corrected chi connectivity index (χ0v) is 23.3. The number of hydrogen-bond acceptors (Lipinski definition) is 5.